The van der Waals surface area contributed by atoms with Crippen molar-refractivity contribution < 1.29 is 19.5 Å². The van der Waals surface area contributed by atoms with Gasteiger partial charge in [-0.1, -0.05) is 18.2 Å². The van der Waals surface area contributed by atoms with Gasteiger partial charge in [-0.3, -0.25) is 9.59 Å². The van der Waals surface area contributed by atoms with Crippen LogP contribution in [0.25, 0.3) is 0 Å². The summed E-state index contributed by atoms with van der Waals surface area (Å²) in [6.45, 7) is 0. The standard InChI is InChI=1S/C18H15NO4/c20-16-14-10-4-5-11(13-7-12(10)13)15(14)17(21)19(16)9-3-1-2-8(6-9)18(22)23/h1-6,10-15H,7H2,(H,22,23)/t10-,11+,12+,13-,14+,15-. The molecule has 2 bridgehead atoms. The van der Waals surface area contributed by atoms with E-state index in [1.54, 1.807) is 12.1 Å². The molecule has 1 N–H and O–H groups in total. The number of hydrogen-bond donors (Lipinski definition) is 1. The summed E-state index contributed by atoms with van der Waals surface area (Å²) in [6, 6.07) is 6.08. The molecule has 1 saturated heterocycles. The number of carbonyl (C=O) groups is 3. The molecule has 1 heterocycles. The van der Waals surface area contributed by atoms with Gasteiger partial charge in [-0.2, -0.15) is 0 Å². The summed E-state index contributed by atoms with van der Waals surface area (Å²) < 4.78 is 0. The molecule has 0 unspecified atom stereocenters. The van der Waals surface area contributed by atoms with Gasteiger partial charge >= 0.3 is 5.97 Å². The van der Waals surface area contributed by atoms with Gasteiger partial charge in [0.2, 0.25) is 11.8 Å². The van der Waals surface area contributed by atoms with Crippen LogP contribution in [0.4, 0.5) is 5.69 Å². The lowest BCUT2D eigenvalue weighted by atomic mass is 9.63. The second kappa shape index (κ2) is 4.10. The molecule has 4 aliphatic carbocycles. The molecule has 116 valence electrons. The summed E-state index contributed by atoms with van der Waals surface area (Å²) in [6.07, 6.45) is 5.38. The highest BCUT2D eigenvalue weighted by molar-refractivity contribution is 6.22. The number of allylic oxidation sites excluding steroid dienone is 2. The van der Waals surface area contributed by atoms with Crippen molar-refractivity contribution in [2.75, 3.05) is 4.90 Å². The highest BCUT2D eigenvalue weighted by Crippen LogP contribution is 2.65. The summed E-state index contributed by atoms with van der Waals surface area (Å²) in [5, 5.41) is 9.13. The summed E-state index contributed by atoms with van der Waals surface area (Å²) in [5.74, 6) is -0.407. The first-order chi connectivity index (χ1) is 11.1. The second-order valence-corrected chi connectivity index (χ2v) is 7.02. The fourth-order valence-corrected chi connectivity index (χ4v) is 4.99. The number of hydrogen-bond acceptors (Lipinski definition) is 3. The van der Waals surface area contributed by atoms with Crippen LogP contribution in [0.3, 0.4) is 0 Å². The predicted molar refractivity (Wildman–Crippen MR) is 80.6 cm³/mol. The molecule has 6 rings (SSSR count). The number of benzene rings is 1. The molecule has 0 radical (unpaired) electrons. The monoisotopic (exact) mass is 309 g/mol. The Bertz CT molecular complexity index is 762. The highest BCUT2D eigenvalue weighted by atomic mass is 16.4. The van der Waals surface area contributed by atoms with Crippen LogP contribution in [0.2, 0.25) is 0 Å². The van der Waals surface area contributed by atoms with Crippen LogP contribution < -0.4 is 4.90 Å². The number of amides is 2. The van der Waals surface area contributed by atoms with Gasteiger partial charge in [-0.05, 0) is 48.3 Å². The molecular weight excluding hydrogens is 294 g/mol. The first kappa shape index (κ1) is 13.0. The second-order valence-electron chi connectivity index (χ2n) is 7.02. The van der Waals surface area contributed by atoms with Gasteiger partial charge < -0.3 is 5.11 Å². The third kappa shape index (κ3) is 1.54. The van der Waals surface area contributed by atoms with Crippen molar-refractivity contribution in [3.8, 4) is 0 Å². The van der Waals surface area contributed by atoms with Crippen molar-refractivity contribution in [1.82, 2.24) is 0 Å². The van der Waals surface area contributed by atoms with Crippen LogP contribution in [0.1, 0.15) is 16.8 Å². The Hall–Kier alpha value is -2.43. The lowest BCUT2D eigenvalue weighted by Gasteiger charge is -2.37. The van der Waals surface area contributed by atoms with Gasteiger partial charge in [0, 0.05) is 0 Å². The van der Waals surface area contributed by atoms with Crippen LogP contribution in [-0.4, -0.2) is 22.9 Å². The lowest BCUT2D eigenvalue weighted by molar-refractivity contribution is -0.124. The minimum atomic E-state index is -1.06. The van der Waals surface area contributed by atoms with Crippen LogP contribution in [-0.2, 0) is 9.59 Å². The van der Waals surface area contributed by atoms with E-state index in [2.05, 4.69) is 12.2 Å². The number of carboxylic acid groups (broad SMARTS) is 1. The smallest absolute Gasteiger partial charge is 0.335 e. The zero-order valence-electron chi connectivity index (χ0n) is 12.3. The van der Waals surface area contributed by atoms with Crippen molar-refractivity contribution in [2.45, 2.75) is 6.42 Å². The number of carbonyl (C=O) groups excluding carboxylic acids is 2. The first-order valence-electron chi connectivity index (χ1n) is 7.97. The number of aromatic carboxylic acids is 1. The van der Waals surface area contributed by atoms with E-state index in [4.69, 9.17) is 5.11 Å². The van der Waals surface area contributed by atoms with E-state index in [1.807, 2.05) is 0 Å². The van der Waals surface area contributed by atoms with E-state index in [0.717, 1.165) is 6.42 Å². The predicted octanol–water partition coefficient (Wildman–Crippen LogP) is 1.94. The zero-order chi connectivity index (χ0) is 15.9. The van der Waals surface area contributed by atoms with Crippen molar-refractivity contribution in [3.05, 3.63) is 42.0 Å². The van der Waals surface area contributed by atoms with Gasteiger partial charge in [0.05, 0.1) is 23.1 Å². The summed E-state index contributed by atoms with van der Waals surface area (Å²) >= 11 is 0. The van der Waals surface area contributed by atoms with Gasteiger partial charge in [0.25, 0.3) is 0 Å². The summed E-state index contributed by atoms with van der Waals surface area (Å²) in [7, 11) is 0. The molecule has 2 amide bonds. The van der Waals surface area contributed by atoms with Gasteiger partial charge in [-0.15, -0.1) is 0 Å². The van der Waals surface area contributed by atoms with Crippen LogP contribution in [0.5, 0.6) is 0 Å². The lowest BCUT2D eigenvalue weighted by Crippen LogP contribution is -2.40. The first-order valence-corrected chi connectivity index (χ1v) is 7.97. The minimum Gasteiger partial charge on any atom is -0.478 e. The molecule has 1 aliphatic heterocycles. The third-order valence-corrected chi connectivity index (χ3v) is 6.01. The molecule has 6 atom stereocenters. The van der Waals surface area contributed by atoms with E-state index in [0.29, 0.717) is 17.5 Å². The minimum absolute atomic E-state index is 0.0851. The average molecular weight is 309 g/mol. The number of nitrogens with zero attached hydrogens (tertiary/aromatic N) is 1. The molecular formula is C18H15NO4. The number of imide groups is 1. The van der Waals surface area contributed by atoms with Crippen LogP contribution >= 0.6 is 0 Å². The van der Waals surface area contributed by atoms with E-state index >= 15 is 0 Å². The number of carboxylic acids is 1. The average Bonchev–Trinajstić information content (AvgIpc) is 3.32. The van der Waals surface area contributed by atoms with Crippen LogP contribution in [0, 0.1) is 35.5 Å². The Kier molecular flexibility index (Phi) is 2.33. The topological polar surface area (TPSA) is 74.7 Å². The van der Waals surface area contributed by atoms with Crippen molar-refractivity contribution in [1.29, 1.82) is 0 Å². The number of rotatable bonds is 2. The quantitative estimate of drug-likeness (QED) is 0.669. The van der Waals surface area contributed by atoms with E-state index < -0.39 is 5.97 Å². The van der Waals surface area contributed by atoms with Gasteiger partial charge in [-0.25, -0.2) is 9.69 Å². The molecule has 3 fully saturated rings. The summed E-state index contributed by atoms with van der Waals surface area (Å²) in [4.78, 5) is 38.2. The largest absolute Gasteiger partial charge is 0.478 e. The van der Waals surface area contributed by atoms with Crippen LogP contribution in [0.15, 0.2) is 36.4 Å². The molecule has 5 aliphatic rings. The third-order valence-electron chi connectivity index (χ3n) is 6.01. The number of anilines is 1. The Balaban J connectivity index is 1.57. The molecule has 0 spiro atoms. The maximum atomic E-state index is 12.9. The van der Waals surface area contributed by atoms with Gasteiger partial charge in [0.1, 0.15) is 0 Å². The van der Waals surface area contributed by atoms with E-state index in [9.17, 15) is 14.4 Å². The Morgan fingerprint density at radius 2 is 1.65 bits per heavy atom. The Morgan fingerprint density at radius 1 is 1.04 bits per heavy atom. The molecule has 0 aromatic heterocycles. The SMILES string of the molecule is O=C(O)c1cccc(N2C(=O)[C@@H]3[C@H]4C=C[C@H]([C@@H]5C[C@H]45)[C@@H]3C2=O)c1. The normalized spacial score (nSPS) is 39.4. The highest BCUT2D eigenvalue weighted by Gasteiger charge is 2.67. The van der Waals surface area contributed by atoms with Crippen molar-refractivity contribution in [3.63, 3.8) is 0 Å². The zero-order valence-corrected chi connectivity index (χ0v) is 12.3. The molecule has 23 heavy (non-hydrogen) atoms. The van der Waals surface area contributed by atoms with Crippen molar-refractivity contribution >= 4 is 23.5 Å². The Labute approximate surface area is 132 Å². The van der Waals surface area contributed by atoms with E-state index in [1.165, 1.54) is 17.0 Å². The molecule has 1 aromatic carbocycles. The molecule has 1 aromatic rings. The van der Waals surface area contributed by atoms with E-state index in [-0.39, 0.29) is 41.0 Å². The van der Waals surface area contributed by atoms with Gasteiger partial charge in [0.15, 0.2) is 0 Å². The maximum Gasteiger partial charge on any atom is 0.335 e. The molecule has 2 saturated carbocycles. The Morgan fingerprint density at radius 3 is 2.22 bits per heavy atom. The molecule has 5 nitrogen and oxygen atoms in total. The fraction of sp³-hybridized carbons (Fsp3) is 0.389. The maximum absolute atomic E-state index is 12.9. The fourth-order valence-electron chi connectivity index (χ4n) is 4.99. The molecule has 5 heteroatoms. The summed E-state index contributed by atoms with van der Waals surface area (Å²) in [5.41, 5.74) is 0.462. The van der Waals surface area contributed by atoms with Crippen molar-refractivity contribution in [2.24, 2.45) is 35.5 Å².